The maximum absolute atomic E-state index is 12.8. The number of nitrogens with one attached hydrogen (secondary N) is 1. The number of ether oxygens (including phenoxy) is 3. The molecule has 1 fully saturated rings. The Morgan fingerprint density at radius 1 is 1.21 bits per heavy atom. The minimum Gasteiger partial charge on any atom is -0.485 e. The molecular weight excluding hydrogens is 424 g/mol. The lowest BCUT2D eigenvalue weighted by Crippen LogP contribution is -2.46. The van der Waals surface area contributed by atoms with E-state index in [0.29, 0.717) is 35.9 Å². The summed E-state index contributed by atoms with van der Waals surface area (Å²) < 4.78 is 16.7. The van der Waals surface area contributed by atoms with Crippen molar-refractivity contribution in [3.8, 4) is 11.5 Å². The number of carbonyl (C=O) groups excluding carboxylic acids is 3. The first-order valence-corrected chi connectivity index (χ1v) is 11.2. The standard InChI is InChI=1S/C25H28N2O6/c1-2-17-5-3-6-19(11-17)32-15-22(28)18-8-9-23-21(12-18)27(25(30)16-33-23)14-24(29)26-13-20-7-4-10-31-20/h3,5-6,8-9,11-12,20H,2,4,7,10,13-16H2,1H3,(H,26,29)/t20-/m0/s1. The molecule has 0 aliphatic carbocycles. The molecule has 0 spiro atoms. The summed E-state index contributed by atoms with van der Waals surface area (Å²) in [5, 5.41) is 2.82. The van der Waals surface area contributed by atoms with Crippen molar-refractivity contribution in [2.45, 2.75) is 32.3 Å². The first kappa shape index (κ1) is 22.8. The molecule has 1 atom stereocenters. The number of hydrogen-bond acceptors (Lipinski definition) is 6. The number of amides is 2. The van der Waals surface area contributed by atoms with Crippen molar-refractivity contribution in [2.24, 2.45) is 0 Å². The summed E-state index contributed by atoms with van der Waals surface area (Å²) in [5.41, 5.74) is 1.90. The number of hydrogen-bond donors (Lipinski definition) is 1. The first-order valence-electron chi connectivity index (χ1n) is 11.2. The average molecular weight is 453 g/mol. The van der Waals surface area contributed by atoms with E-state index < -0.39 is 0 Å². The van der Waals surface area contributed by atoms with Gasteiger partial charge in [-0.25, -0.2) is 0 Å². The monoisotopic (exact) mass is 452 g/mol. The molecule has 8 nitrogen and oxygen atoms in total. The highest BCUT2D eigenvalue weighted by Gasteiger charge is 2.28. The van der Waals surface area contributed by atoms with E-state index in [-0.39, 0.29) is 43.5 Å². The van der Waals surface area contributed by atoms with Gasteiger partial charge in [-0.15, -0.1) is 0 Å². The molecule has 1 N–H and O–H groups in total. The summed E-state index contributed by atoms with van der Waals surface area (Å²) in [6.07, 6.45) is 2.79. The zero-order valence-corrected chi connectivity index (χ0v) is 18.7. The molecule has 2 aromatic rings. The molecule has 0 unspecified atom stereocenters. The summed E-state index contributed by atoms with van der Waals surface area (Å²) in [4.78, 5) is 39.1. The molecule has 0 bridgehead atoms. The van der Waals surface area contributed by atoms with Gasteiger partial charge in [0, 0.05) is 18.7 Å². The van der Waals surface area contributed by atoms with Gasteiger partial charge in [-0.3, -0.25) is 19.3 Å². The Labute approximate surface area is 192 Å². The van der Waals surface area contributed by atoms with Gasteiger partial charge in [0.05, 0.1) is 11.8 Å². The van der Waals surface area contributed by atoms with Crippen molar-refractivity contribution in [1.29, 1.82) is 0 Å². The third-order valence-electron chi connectivity index (χ3n) is 5.75. The minimum atomic E-state index is -0.341. The number of rotatable bonds is 9. The smallest absolute Gasteiger partial charge is 0.265 e. The number of benzene rings is 2. The number of ketones is 1. The molecule has 174 valence electrons. The molecular formula is C25H28N2O6. The molecule has 0 aromatic heterocycles. The van der Waals surface area contributed by atoms with Crippen molar-refractivity contribution in [1.82, 2.24) is 5.32 Å². The zero-order valence-electron chi connectivity index (χ0n) is 18.7. The number of fused-ring (bicyclic) bond motifs is 1. The Morgan fingerprint density at radius 3 is 2.88 bits per heavy atom. The van der Waals surface area contributed by atoms with Crippen molar-refractivity contribution in [3.05, 3.63) is 53.6 Å². The molecule has 33 heavy (non-hydrogen) atoms. The fourth-order valence-corrected chi connectivity index (χ4v) is 3.87. The summed E-state index contributed by atoms with van der Waals surface area (Å²) in [6.45, 7) is 2.73. The van der Waals surface area contributed by atoms with E-state index in [9.17, 15) is 14.4 Å². The van der Waals surface area contributed by atoms with Gasteiger partial charge in [0.25, 0.3) is 5.91 Å². The van der Waals surface area contributed by atoms with Crippen LogP contribution in [0, 0.1) is 0 Å². The van der Waals surface area contributed by atoms with E-state index >= 15 is 0 Å². The second kappa shape index (κ2) is 10.5. The van der Waals surface area contributed by atoms with Crippen LogP contribution < -0.4 is 19.7 Å². The van der Waals surface area contributed by atoms with Crippen LogP contribution in [0.2, 0.25) is 0 Å². The maximum Gasteiger partial charge on any atom is 0.265 e. The fraction of sp³-hybridized carbons (Fsp3) is 0.400. The summed E-state index contributed by atoms with van der Waals surface area (Å²) in [5.74, 6) is 0.216. The Bertz CT molecular complexity index is 1030. The van der Waals surface area contributed by atoms with Crippen LogP contribution in [0.4, 0.5) is 5.69 Å². The average Bonchev–Trinajstić information content (AvgIpc) is 3.36. The van der Waals surface area contributed by atoms with Crippen molar-refractivity contribution < 1.29 is 28.6 Å². The predicted molar refractivity (Wildman–Crippen MR) is 122 cm³/mol. The van der Waals surface area contributed by atoms with Crippen LogP contribution in [0.25, 0.3) is 0 Å². The van der Waals surface area contributed by atoms with Gasteiger partial charge in [0.2, 0.25) is 5.91 Å². The summed E-state index contributed by atoms with van der Waals surface area (Å²) >= 11 is 0. The molecule has 2 heterocycles. The summed E-state index contributed by atoms with van der Waals surface area (Å²) in [7, 11) is 0. The fourth-order valence-electron chi connectivity index (χ4n) is 3.87. The highest BCUT2D eigenvalue weighted by atomic mass is 16.5. The Balaban J connectivity index is 1.42. The van der Waals surface area contributed by atoms with Gasteiger partial charge in [0.1, 0.15) is 18.0 Å². The molecule has 2 aliphatic heterocycles. The lowest BCUT2D eigenvalue weighted by Gasteiger charge is -2.29. The van der Waals surface area contributed by atoms with Crippen LogP contribution in [-0.2, 0) is 20.7 Å². The van der Waals surface area contributed by atoms with Crippen LogP contribution >= 0.6 is 0 Å². The van der Waals surface area contributed by atoms with Crippen molar-refractivity contribution >= 4 is 23.3 Å². The van der Waals surface area contributed by atoms with Gasteiger partial charge >= 0.3 is 0 Å². The van der Waals surface area contributed by atoms with E-state index in [4.69, 9.17) is 14.2 Å². The third-order valence-corrected chi connectivity index (χ3v) is 5.75. The van der Waals surface area contributed by atoms with Gasteiger partial charge in [-0.1, -0.05) is 19.1 Å². The Morgan fingerprint density at radius 2 is 2.09 bits per heavy atom. The van der Waals surface area contributed by atoms with E-state index in [1.165, 1.54) is 4.90 Å². The predicted octanol–water partition coefficient (Wildman–Crippen LogP) is 2.53. The van der Waals surface area contributed by atoms with Gasteiger partial charge in [0.15, 0.2) is 19.0 Å². The van der Waals surface area contributed by atoms with Gasteiger partial charge in [-0.2, -0.15) is 0 Å². The minimum absolute atomic E-state index is 0.0175. The molecule has 2 aromatic carbocycles. The number of nitrogens with zero attached hydrogens (tertiary/aromatic N) is 1. The molecule has 8 heteroatoms. The molecule has 0 saturated carbocycles. The first-order chi connectivity index (χ1) is 16.0. The highest BCUT2D eigenvalue weighted by Crippen LogP contribution is 2.33. The number of aryl methyl sites for hydroxylation is 1. The molecule has 1 saturated heterocycles. The number of anilines is 1. The van der Waals surface area contributed by atoms with Crippen LogP contribution in [0.3, 0.4) is 0 Å². The normalized spacial score (nSPS) is 17.3. The third kappa shape index (κ3) is 5.70. The van der Waals surface area contributed by atoms with Crippen LogP contribution in [0.5, 0.6) is 11.5 Å². The van der Waals surface area contributed by atoms with Crippen LogP contribution in [0.1, 0.15) is 35.7 Å². The maximum atomic E-state index is 12.8. The lowest BCUT2D eigenvalue weighted by molar-refractivity contribution is -0.125. The Hall–Kier alpha value is -3.39. The van der Waals surface area contributed by atoms with Crippen LogP contribution in [-0.4, -0.2) is 56.6 Å². The van der Waals surface area contributed by atoms with Gasteiger partial charge < -0.3 is 19.5 Å². The number of carbonyl (C=O) groups is 3. The topological polar surface area (TPSA) is 94.2 Å². The highest BCUT2D eigenvalue weighted by molar-refractivity contribution is 6.04. The second-order valence-electron chi connectivity index (χ2n) is 8.10. The van der Waals surface area contributed by atoms with Crippen LogP contribution in [0.15, 0.2) is 42.5 Å². The lowest BCUT2D eigenvalue weighted by atomic mass is 10.1. The van der Waals surface area contributed by atoms with E-state index in [0.717, 1.165) is 24.8 Å². The summed E-state index contributed by atoms with van der Waals surface area (Å²) in [6, 6.07) is 12.5. The van der Waals surface area contributed by atoms with E-state index in [1.807, 2.05) is 24.3 Å². The van der Waals surface area contributed by atoms with Gasteiger partial charge in [-0.05, 0) is 55.2 Å². The molecule has 0 radical (unpaired) electrons. The van der Waals surface area contributed by atoms with E-state index in [2.05, 4.69) is 12.2 Å². The SMILES string of the molecule is CCc1cccc(OCC(=O)c2ccc3c(c2)N(CC(=O)NC[C@@H]2CCCO2)C(=O)CO3)c1. The largest absolute Gasteiger partial charge is 0.485 e. The van der Waals surface area contributed by atoms with E-state index in [1.54, 1.807) is 18.2 Å². The Kier molecular flexibility index (Phi) is 7.24. The molecule has 4 rings (SSSR count). The molecule has 2 amide bonds. The number of Topliss-reactive ketones (excluding diaryl/α,β-unsaturated/α-hetero) is 1. The second-order valence-corrected chi connectivity index (χ2v) is 8.10. The molecule has 2 aliphatic rings. The van der Waals surface area contributed by atoms with Crippen molar-refractivity contribution in [2.75, 3.05) is 37.8 Å². The zero-order chi connectivity index (χ0) is 23.2. The van der Waals surface area contributed by atoms with Crippen molar-refractivity contribution in [3.63, 3.8) is 0 Å². The quantitative estimate of drug-likeness (QED) is 0.588.